The minimum Gasteiger partial charge on any atom is -0.394 e. The second-order valence-electron chi connectivity index (χ2n) is 5.21. The van der Waals surface area contributed by atoms with Gasteiger partial charge >= 0.3 is 0 Å². The number of hydrogen-bond acceptors (Lipinski definition) is 3. The lowest BCUT2D eigenvalue weighted by Crippen LogP contribution is -2.27. The van der Waals surface area contributed by atoms with E-state index in [0.29, 0.717) is 5.56 Å². The van der Waals surface area contributed by atoms with Crippen LogP contribution in [0.2, 0.25) is 0 Å². The van der Waals surface area contributed by atoms with E-state index in [1.165, 1.54) is 0 Å². The molecule has 4 nitrogen and oxygen atoms in total. The summed E-state index contributed by atoms with van der Waals surface area (Å²) in [4.78, 5) is 0. The third-order valence-corrected chi connectivity index (χ3v) is 3.84. The summed E-state index contributed by atoms with van der Waals surface area (Å²) in [5, 5.41) is 29.6. The summed E-state index contributed by atoms with van der Waals surface area (Å²) in [7, 11) is 0. The van der Waals surface area contributed by atoms with E-state index in [2.05, 4.69) is 6.07 Å². The molecule has 0 aliphatic heterocycles. The maximum Gasteiger partial charge on any atom is 0.102 e. The number of fused-ring (bicyclic) bond motifs is 1. The van der Waals surface area contributed by atoms with Crippen LogP contribution < -0.4 is 0 Å². The lowest BCUT2D eigenvalue weighted by atomic mass is 10.0. The summed E-state index contributed by atoms with van der Waals surface area (Å²) in [5.74, 6) is 0. The number of nitriles is 1. The zero-order valence-corrected chi connectivity index (χ0v) is 11.9. The van der Waals surface area contributed by atoms with Crippen molar-refractivity contribution in [1.82, 2.24) is 4.57 Å². The summed E-state index contributed by atoms with van der Waals surface area (Å²) in [6, 6.07) is 18.7. The van der Waals surface area contributed by atoms with Gasteiger partial charge in [0.15, 0.2) is 0 Å². The lowest BCUT2D eigenvalue weighted by molar-refractivity contribution is 0.0654. The van der Waals surface area contributed by atoms with Crippen LogP contribution in [0.3, 0.4) is 0 Å². The molecule has 110 valence electrons. The molecule has 0 amide bonds. The normalized spacial score (nSPS) is 13.7. The average Bonchev–Trinajstić information content (AvgIpc) is 2.98. The van der Waals surface area contributed by atoms with Crippen LogP contribution in [0.25, 0.3) is 10.9 Å². The Morgan fingerprint density at radius 3 is 2.55 bits per heavy atom. The average molecular weight is 292 g/mol. The minimum absolute atomic E-state index is 0.324. The standard InChI is InChI=1S/C18H16N2O2/c19-11-13-6-7-16-15(10-13)8-9-20(16)18(17(22)12-21)14-4-2-1-3-5-14/h1-10,17-18,21-22H,12H2/t17-,18+/m1/s1. The molecule has 0 aliphatic rings. The summed E-state index contributed by atoms with van der Waals surface area (Å²) in [6.45, 7) is -0.324. The summed E-state index contributed by atoms with van der Waals surface area (Å²) in [5.41, 5.74) is 2.44. The van der Waals surface area contributed by atoms with Crippen LogP contribution in [0.15, 0.2) is 60.8 Å². The van der Waals surface area contributed by atoms with Gasteiger partial charge in [-0.2, -0.15) is 5.26 Å². The summed E-state index contributed by atoms with van der Waals surface area (Å²) < 4.78 is 1.94. The molecule has 2 aromatic carbocycles. The number of aliphatic hydroxyl groups is 2. The summed E-state index contributed by atoms with van der Waals surface area (Å²) in [6.07, 6.45) is 0.969. The molecule has 22 heavy (non-hydrogen) atoms. The van der Waals surface area contributed by atoms with Crippen LogP contribution in [-0.4, -0.2) is 27.5 Å². The molecule has 0 saturated carbocycles. The van der Waals surface area contributed by atoms with Crippen molar-refractivity contribution >= 4 is 10.9 Å². The Morgan fingerprint density at radius 2 is 1.86 bits per heavy atom. The quantitative estimate of drug-likeness (QED) is 0.776. The molecule has 0 bridgehead atoms. The number of nitrogens with zero attached hydrogens (tertiary/aromatic N) is 2. The van der Waals surface area contributed by atoms with Crippen LogP contribution >= 0.6 is 0 Å². The van der Waals surface area contributed by atoms with Crippen LogP contribution in [0, 0.1) is 11.3 Å². The largest absolute Gasteiger partial charge is 0.394 e. The predicted molar refractivity (Wildman–Crippen MR) is 84.3 cm³/mol. The second kappa shape index (κ2) is 6.02. The van der Waals surface area contributed by atoms with Gasteiger partial charge < -0.3 is 14.8 Å². The molecule has 3 aromatic rings. The molecule has 0 unspecified atom stereocenters. The fourth-order valence-corrected chi connectivity index (χ4v) is 2.79. The van der Waals surface area contributed by atoms with Crippen molar-refractivity contribution < 1.29 is 10.2 Å². The number of hydrogen-bond donors (Lipinski definition) is 2. The summed E-state index contributed by atoms with van der Waals surface area (Å²) >= 11 is 0. The van der Waals surface area contributed by atoms with Crippen molar-refractivity contribution in [2.24, 2.45) is 0 Å². The van der Waals surface area contributed by atoms with Crippen LogP contribution in [0.4, 0.5) is 0 Å². The first kappa shape index (κ1) is 14.3. The molecular weight excluding hydrogens is 276 g/mol. The Kier molecular flexibility index (Phi) is 3.92. The van der Waals surface area contributed by atoms with Crippen LogP contribution in [0.5, 0.6) is 0 Å². The SMILES string of the molecule is N#Cc1ccc2c(ccn2[C@@H](c2ccccc2)[C@H](O)CO)c1. The smallest absolute Gasteiger partial charge is 0.102 e. The monoisotopic (exact) mass is 292 g/mol. The fraction of sp³-hybridized carbons (Fsp3) is 0.167. The first-order chi connectivity index (χ1) is 10.7. The molecule has 1 aromatic heterocycles. The molecule has 0 saturated heterocycles. The van der Waals surface area contributed by atoms with Crippen molar-refractivity contribution in [3.05, 3.63) is 71.9 Å². The van der Waals surface area contributed by atoms with Crippen LogP contribution in [0.1, 0.15) is 17.2 Å². The maximum absolute atomic E-state index is 10.3. The second-order valence-corrected chi connectivity index (χ2v) is 5.21. The van der Waals surface area contributed by atoms with Gasteiger partial charge in [0, 0.05) is 17.1 Å². The van der Waals surface area contributed by atoms with Crippen molar-refractivity contribution in [1.29, 1.82) is 5.26 Å². The zero-order chi connectivity index (χ0) is 15.5. The highest BCUT2D eigenvalue weighted by atomic mass is 16.3. The molecular formula is C18H16N2O2. The van der Waals surface area contributed by atoms with Gasteiger partial charge in [0.05, 0.1) is 24.3 Å². The minimum atomic E-state index is -0.909. The van der Waals surface area contributed by atoms with E-state index >= 15 is 0 Å². The van der Waals surface area contributed by atoms with Crippen LogP contribution in [-0.2, 0) is 0 Å². The molecule has 0 radical (unpaired) electrons. The van der Waals surface area contributed by atoms with Crippen molar-refractivity contribution in [3.8, 4) is 6.07 Å². The van der Waals surface area contributed by atoms with E-state index in [-0.39, 0.29) is 12.6 Å². The third-order valence-electron chi connectivity index (χ3n) is 3.84. The van der Waals surface area contributed by atoms with E-state index in [4.69, 9.17) is 5.26 Å². The third kappa shape index (κ3) is 2.48. The fourth-order valence-electron chi connectivity index (χ4n) is 2.79. The molecule has 0 spiro atoms. The molecule has 0 aliphatic carbocycles. The highest BCUT2D eigenvalue weighted by Gasteiger charge is 2.23. The number of benzene rings is 2. The number of aromatic nitrogens is 1. The Balaban J connectivity index is 2.15. The van der Waals surface area contributed by atoms with Gasteiger partial charge in [0.1, 0.15) is 6.10 Å². The van der Waals surface area contributed by atoms with Gasteiger partial charge in [-0.15, -0.1) is 0 Å². The molecule has 1 heterocycles. The van der Waals surface area contributed by atoms with Gasteiger partial charge in [-0.1, -0.05) is 30.3 Å². The molecule has 2 N–H and O–H groups in total. The van der Waals surface area contributed by atoms with E-state index in [1.54, 1.807) is 6.07 Å². The Labute approximate surface area is 128 Å². The van der Waals surface area contributed by atoms with Gasteiger partial charge in [-0.25, -0.2) is 0 Å². The molecule has 2 atom stereocenters. The number of aliphatic hydroxyl groups excluding tert-OH is 2. The van der Waals surface area contributed by atoms with E-state index in [9.17, 15) is 10.2 Å². The maximum atomic E-state index is 10.3. The Hall–Kier alpha value is -2.61. The highest BCUT2D eigenvalue weighted by molar-refractivity contribution is 5.82. The van der Waals surface area contributed by atoms with Gasteiger partial charge in [-0.05, 0) is 29.8 Å². The molecule has 3 rings (SSSR count). The Morgan fingerprint density at radius 1 is 1.09 bits per heavy atom. The first-order valence-electron chi connectivity index (χ1n) is 7.09. The van der Waals surface area contributed by atoms with Crippen molar-refractivity contribution in [3.63, 3.8) is 0 Å². The van der Waals surface area contributed by atoms with Crippen molar-refractivity contribution in [2.45, 2.75) is 12.1 Å². The van der Waals surface area contributed by atoms with Gasteiger partial charge in [0.25, 0.3) is 0 Å². The van der Waals surface area contributed by atoms with Gasteiger partial charge in [0.2, 0.25) is 0 Å². The lowest BCUT2D eigenvalue weighted by Gasteiger charge is -2.25. The highest BCUT2D eigenvalue weighted by Crippen LogP contribution is 2.28. The molecule has 0 fully saturated rings. The van der Waals surface area contributed by atoms with Crippen molar-refractivity contribution in [2.75, 3.05) is 6.61 Å². The van der Waals surface area contributed by atoms with E-state index in [0.717, 1.165) is 16.5 Å². The molecule has 4 heteroatoms. The Bertz CT molecular complexity index is 818. The zero-order valence-electron chi connectivity index (χ0n) is 11.9. The first-order valence-corrected chi connectivity index (χ1v) is 7.09. The number of rotatable bonds is 4. The predicted octanol–water partition coefficient (Wildman–Crippen LogP) is 2.46. The van der Waals surface area contributed by atoms with E-state index < -0.39 is 6.10 Å². The topological polar surface area (TPSA) is 69.2 Å². The van der Waals surface area contributed by atoms with E-state index in [1.807, 2.05) is 59.3 Å². The van der Waals surface area contributed by atoms with Gasteiger partial charge in [-0.3, -0.25) is 0 Å².